The largest absolute Gasteiger partial charge is 1.00 e. The third kappa shape index (κ3) is 8.82. The number of hydrogen-bond donors (Lipinski definition) is 0. The van der Waals surface area contributed by atoms with E-state index >= 15 is 0 Å². The van der Waals surface area contributed by atoms with Crippen molar-refractivity contribution >= 4 is 5.97 Å². The van der Waals surface area contributed by atoms with Crippen molar-refractivity contribution < 1.29 is 43.6 Å². The minimum Gasteiger partial charge on any atom is -0.550 e. The minimum atomic E-state index is -2.39. The van der Waals surface area contributed by atoms with Crippen LogP contribution in [-0.2, 0) is 4.79 Å². The van der Waals surface area contributed by atoms with Crippen LogP contribution in [0.5, 0.6) is 0 Å². The van der Waals surface area contributed by atoms with E-state index in [0.717, 1.165) is 0 Å². The molecule has 0 atom stereocenters. The van der Waals surface area contributed by atoms with E-state index in [-0.39, 0.29) is 29.6 Å². The zero-order valence-electron chi connectivity index (χ0n) is 6.52. The predicted octanol–water partition coefficient (Wildman–Crippen LogP) is -3.85. The summed E-state index contributed by atoms with van der Waals surface area (Å²) in [4.78, 5) is 9.54. The number of rotatable bonds is 1. The van der Waals surface area contributed by atoms with Crippen molar-refractivity contribution in [2.45, 2.75) is 13.3 Å². The van der Waals surface area contributed by atoms with Crippen molar-refractivity contribution in [3.05, 3.63) is 0 Å². The SMILES string of the molecule is [2H]C([2H])([2H])CC(=O)[O-].[Na+]. The molecule has 0 aromatic carbocycles. The van der Waals surface area contributed by atoms with Crippen LogP contribution >= 0.6 is 0 Å². The second-order valence-corrected chi connectivity index (χ2v) is 0.549. The summed E-state index contributed by atoms with van der Waals surface area (Å²) in [5.41, 5.74) is 0. The molecule has 3 heteroatoms. The van der Waals surface area contributed by atoms with Gasteiger partial charge in [0.1, 0.15) is 0 Å². The molecule has 0 rings (SSSR count). The smallest absolute Gasteiger partial charge is 0.550 e. The minimum absolute atomic E-state index is 0. The van der Waals surface area contributed by atoms with Gasteiger partial charge in [-0.2, -0.15) is 0 Å². The molecule has 0 aromatic rings. The van der Waals surface area contributed by atoms with E-state index < -0.39 is 19.2 Å². The Morgan fingerprint density at radius 1 is 2.17 bits per heavy atom. The number of carbonyl (C=O) groups is 1. The Morgan fingerprint density at radius 3 is 2.67 bits per heavy atom. The number of carboxylic acid groups (broad SMARTS) is 1. The maximum absolute atomic E-state index is 9.54. The molecular weight excluding hydrogens is 91.0 g/mol. The summed E-state index contributed by atoms with van der Waals surface area (Å²) in [6.07, 6.45) is -0.868. The normalized spacial score (nSPS) is 15.7. The molecule has 30 valence electrons. The number of hydrogen-bond acceptors (Lipinski definition) is 2. The molecule has 0 amide bonds. The molecule has 0 radical (unpaired) electrons. The first kappa shape index (κ1) is 3.47. The van der Waals surface area contributed by atoms with Gasteiger partial charge in [0.2, 0.25) is 0 Å². The Morgan fingerprint density at radius 2 is 2.67 bits per heavy atom. The summed E-state index contributed by atoms with van der Waals surface area (Å²) < 4.78 is 19.1. The van der Waals surface area contributed by atoms with E-state index in [0.29, 0.717) is 0 Å². The van der Waals surface area contributed by atoms with Crippen molar-refractivity contribution in [1.82, 2.24) is 0 Å². The Kier molecular flexibility index (Phi) is 3.16. The second kappa shape index (κ2) is 5.47. The predicted molar refractivity (Wildman–Crippen MR) is 15.3 cm³/mol. The average Bonchev–Trinajstić information content (AvgIpc) is 1.21. The quantitative estimate of drug-likeness (QED) is 0.316. The first-order valence-corrected chi connectivity index (χ1v) is 1.12. The number of carboxylic acids is 1. The van der Waals surface area contributed by atoms with Gasteiger partial charge in [-0.25, -0.2) is 0 Å². The maximum atomic E-state index is 9.54. The molecule has 2 nitrogen and oxygen atoms in total. The summed E-state index contributed by atoms with van der Waals surface area (Å²) in [6.45, 7) is -2.39. The van der Waals surface area contributed by atoms with E-state index in [9.17, 15) is 9.90 Å². The van der Waals surface area contributed by atoms with Gasteiger partial charge in [-0.05, 0) is 6.42 Å². The summed E-state index contributed by atoms with van der Waals surface area (Å²) in [5.74, 6) is -1.54. The van der Waals surface area contributed by atoms with E-state index in [2.05, 4.69) is 0 Å². The van der Waals surface area contributed by atoms with Crippen LogP contribution < -0.4 is 34.7 Å². The van der Waals surface area contributed by atoms with Crippen LogP contribution in [0.3, 0.4) is 0 Å². The molecule has 0 heterocycles. The Bertz CT molecular complexity index is 99.7. The van der Waals surface area contributed by atoms with Crippen LogP contribution in [0.2, 0.25) is 0 Å². The summed E-state index contributed by atoms with van der Waals surface area (Å²) >= 11 is 0. The molecule has 0 saturated heterocycles. The molecule has 0 N–H and O–H groups in total. The van der Waals surface area contributed by atoms with Crippen molar-refractivity contribution in [1.29, 1.82) is 0 Å². The molecule has 0 unspecified atom stereocenters. The van der Waals surface area contributed by atoms with Gasteiger partial charge in [-0.15, -0.1) is 0 Å². The van der Waals surface area contributed by atoms with E-state index in [4.69, 9.17) is 4.11 Å². The van der Waals surface area contributed by atoms with Gasteiger partial charge < -0.3 is 9.90 Å². The Labute approximate surface area is 63.1 Å². The summed E-state index contributed by atoms with van der Waals surface area (Å²) in [7, 11) is 0. The van der Waals surface area contributed by atoms with Crippen molar-refractivity contribution in [2.75, 3.05) is 0 Å². The van der Waals surface area contributed by atoms with Crippen molar-refractivity contribution in [3.63, 3.8) is 0 Å². The standard InChI is InChI=1S/C3H6O2.Na/c1-2-3(4)5;/h2H2,1H3,(H,4,5);/q;+1/p-1/i1D3;. The van der Waals surface area contributed by atoms with Crippen molar-refractivity contribution in [2.24, 2.45) is 0 Å². The monoisotopic (exact) mass is 99.0 g/mol. The van der Waals surface area contributed by atoms with Gasteiger partial charge in [0.25, 0.3) is 0 Å². The molecule has 0 aliphatic heterocycles. The molecule has 0 aliphatic carbocycles. The molecule has 0 aliphatic rings. The van der Waals surface area contributed by atoms with Gasteiger partial charge >= 0.3 is 29.6 Å². The van der Waals surface area contributed by atoms with Crippen LogP contribution in [0.1, 0.15) is 17.4 Å². The zero-order valence-corrected chi connectivity index (χ0v) is 5.52. The van der Waals surface area contributed by atoms with E-state index in [1.54, 1.807) is 0 Å². The molecule has 0 spiro atoms. The fourth-order valence-corrected chi connectivity index (χ4v) is 0. The maximum Gasteiger partial charge on any atom is 1.00 e. The summed E-state index contributed by atoms with van der Waals surface area (Å²) in [5, 5.41) is 9.54. The van der Waals surface area contributed by atoms with Crippen LogP contribution in [0.25, 0.3) is 0 Å². The number of carbonyl (C=O) groups excluding carboxylic acids is 1. The van der Waals surface area contributed by atoms with Gasteiger partial charge in [-0.1, -0.05) is 6.85 Å². The van der Waals surface area contributed by atoms with Crippen molar-refractivity contribution in [3.8, 4) is 0 Å². The molecule has 0 fully saturated rings. The fourth-order valence-electron chi connectivity index (χ4n) is 0. The van der Waals surface area contributed by atoms with Crippen LogP contribution in [0.4, 0.5) is 0 Å². The second-order valence-electron chi connectivity index (χ2n) is 0.549. The molecule has 0 bridgehead atoms. The van der Waals surface area contributed by atoms with Crippen LogP contribution in [0.15, 0.2) is 0 Å². The first-order valence-electron chi connectivity index (χ1n) is 2.62. The third-order valence-corrected chi connectivity index (χ3v) is 0.144. The topological polar surface area (TPSA) is 40.1 Å². The Hall–Kier alpha value is 0.470. The zero-order chi connectivity index (χ0) is 6.78. The average molecular weight is 99.1 g/mol. The molecule has 6 heavy (non-hydrogen) atoms. The summed E-state index contributed by atoms with van der Waals surface area (Å²) in [6, 6.07) is 0. The van der Waals surface area contributed by atoms with Gasteiger partial charge in [0, 0.05) is 10.1 Å². The van der Waals surface area contributed by atoms with E-state index in [1.807, 2.05) is 0 Å². The molecule has 0 saturated carbocycles. The number of aliphatic carboxylic acids is 1. The molecular formula is C3H5NaO2. The Balaban J connectivity index is 0. The van der Waals surface area contributed by atoms with Gasteiger partial charge in [0.05, 0.1) is 0 Å². The van der Waals surface area contributed by atoms with Crippen LogP contribution in [0, 0.1) is 0 Å². The fraction of sp³-hybridized carbons (Fsp3) is 0.667. The first-order chi connectivity index (χ1) is 3.42. The van der Waals surface area contributed by atoms with Gasteiger partial charge in [-0.3, -0.25) is 0 Å². The van der Waals surface area contributed by atoms with Crippen LogP contribution in [-0.4, -0.2) is 5.97 Å². The van der Waals surface area contributed by atoms with Gasteiger partial charge in [0.15, 0.2) is 0 Å². The van der Waals surface area contributed by atoms with E-state index in [1.165, 1.54) is 0 Å². The third-order valence-electron chi connectivity index (χ3n) is 0.144. The molecule has 0 aromatic heterocycles.